The highest BCUT2D eigenvalue weighted by atomic mass is 16.5. The molecule has 0 aliphatic carbocycles. The molecule has 1 rings (SSSR count). The largest absolute Gasteiger partial charge is 0.450 e. The highest BCUT2D eigenvalue weighted by Gasteiger charge is 2.05. The molecule has 0 aliphatic rings. The second-order valence-electron chi connectivity index (χ2n) is 3.74. The standard InChI is InChI=1S/C12H18N2O2/c1-5-16-12(15)13-11-7-6-10(14(3)4)8-9(11)2/h6-8H,5H2,1-4H3,(H,13,15). The quantitative estimate of drug-likeness (QED) is 0.854. The SMILES string of the molecule is CCOC(=O)Nc1ccc(N(C)C)cc1C. The molecule has 0 radical (unpaired) electrons. The molecule has 88 valence electrons. The Labute approximate surface area is 96.2 Å². The molecule has 0 heterocycles. The van der Waals surface area contributed by atoms with Crippen molar-refractivity contribution in [3.8, 4) is 0 Å². The Kier molecular flexibility index (Phi) is 4.17. The van der Waals surface area contributed by atoms with Crippen LogP contribution in [-0.2, 0) is 4.74 Å². The van der Waals surface area contributed by atoms with Crippen LogP contribution in [0.5, 0.6) is 0 Å². The van der Waals surface area contributed by atoms with E-state index < -0.39 is 6.09 Å². The molecule has 16 heavy (non-hydrogen) atoms. The maximum absolute atomic E-state index is 11.2. The van der Waals surface area contributed by atoms with Gasteiger partial charge in [-0.25, -0.2) is 4.79 Å². The van der Waals surface area contributed by atoms with E-state index in [1.54, 1.807) is 6.92 Å². The van der Waals surface area contributed by atoms with E-state index in [0.29, 0.717) is 6.61 Å². The minimum absolute atomic E-state index is 0.376. The molecular weight excluding hydrogens is 204 g/mol. The fourth-order valence-electron chi connectivity index (χ4n) is 1.34. The lowest BCUT2D eigenvalue weighted by molar-refractivity contribution is 0.168. The molecule has 0 aromatic heterocycles. The van der Waals surface area contributed by atoms with Crippen molar-refractivity contribution in [1.29, 1.82) is 0 Å². The normalized spacial score (nSPS) is 9.75. The van der Waals surface area contributed by atoms with E-state index in [2.05, 4.69) is 5.32 Å². The number of carbonyl (C=O) groups excluding carboxylic acids is 1. The summed E-state index contributed by atoms with van der Waals surface area (Å²) in [5.41, 5.74) is 2.90. The summed E-state index contributed by atoms with van der Waals surface area (Å²) in [5.74, 6) is 0. The Hall–Kier alpha value is -1.71. The third-order valence-corrected chi connectivity index (χ3v) is 2.24. The van der Waals surface area contributed by atoms with Gasteiger partial charge in [0, 0.05) is 25.5 Å². The van der Waals surface area contributed by atoms with E-state index in [9.17, 15) is 4.79 Å². The second kappa shape index (κ2) is 5.39. The summed E-state index contributed by atoms with van der Waals surface area (Å²) < 4.78 is 4.82. The number of hydrogen-bond donors (Lipinski definition) is 1. The van der Waals surface area contributed by atoms with Crippen LogP contribution in [-0.4, -0.2) is 26.8 Å². The zero-order valence-corrected chi connectivity index (χ0v) is 10.2. The van der Waals surface area contributed by atoms with Gasteiger partial charge in [-0.05, 0) is 37.6 Å². The molecule has 0 fully saturated rings. The van der Waals surface area contributed by atoms with Crippen LogP contribution in [0.15, 0.2) is 18.2 Å². The van der Waals surface area contributed by atoms with Crippen LogP contribution in [0.2, 0.25) is 0 Å². The van der Waals surface area contributed by atoms with Crippen LogP contribution < -0.4 is 10.2 Å². The lowest BCUT2D eigenvalue weighted by atomic mass is 10.1. The van der Waals surface area contributed by atoms with E-state index in [1.165, 1.54) is 0 Å². The van der Waals surface area contributed by atoms with Crippen molar-refractivity contribution < 1.29 is 9.53 Å². The van der Waals surface area contributed by atoms with Crippen molar-refractivity contribution in [3.05, 3.63) is 23.8 Å². The molecule has 4 heteroatoms. The third kappa shape index (κ3) is 3.15. The van der Waals surface area contributed by atoms with Gasteiger partial charge in [0.25, 0.3) is 0 Å². The average molecular weight is 222 g/mol. The number of benzene rings is 1. The van der Waals surface area contributed by atoms with Crippen LogP contribution in [0, 0.1) is 6.92 Å². The molecule has 1 aromatic rings. The van der Waals surface area contributed by atoms with Crippen molar-refractivity contribution in [3.63, 3.8) is 0 Å². The van der Waals surface area contributed by atoms with Crippen molar-refractivity contribution in [1.82, 2.24) is 0 Å². The number of rotatable bonds is 3. The summed E-state index contributed by atoms with van der Waals surface area (Å²) in [6.45, 7) is 4.11. The van der Waals surface area contributed by atoms with Crippen LogP contribution in [0.3, 0.4) is 0 Å². The van der Waals surface area contributed by atoms with Crippen LogP contribution in [0.4, 0.5) is 16.2 Å². The molecule has 0 saturated heterocycles. The molecular formula is C12H18N2O2. The van der Waals surface area contributed by atoms with Gasteiger partial charge in [-0.1, -0.05) is 0 Å². The Morgan fingerprint density at radius 1 is 1.44 bits per heavy atom. The highest BCUT2D eigenvalue weighted by Crippen LogP contribution is 2.21. The minimum Gasteiger partial charge on any atom is -0.450 e. The Morgan fingerprint density at radius 2 is 2.12 bits per heavy atom. The van der Waals surface area contributed by atoms with Crippen molar-refractivity contribution in [2.45, 2.75) is 13.8 Å². The third-order valence-electron chi connectivity index (χ3n) is 2.24. The Bertz CT molecular complexity index is 375. The highest BCUT2D eigenvalue weighted by molar-refractivity contribution is 5.86. The Balaban J connectivity index is 2.79. The van der Waals surface area contributed by atoms with Crippen molar-refractivity contribution in [2.75, 3.05) is 30.9 Å². The molecule has 0 bridgehead atoms. The number of nitrogens with zero attached hydrogens (tertiary/aromatic N) is 1. The number of nitrogens with one attached hydrogen (secondary N) is 1. The lowest BCUT2D eigenvalue weighted by Crippen LogP contribution is -2.14. The first-order valence-corrected chi connectivity index (χ1v) is 5.26. The molecule has 4 nitrogen and oxygen atoms in total. The van der Waals surface area contributed by atoms with E-state index in [1.807, 2.05) is 44.1 Å². The summed E-state index contributed by atoms with van der Waals surface area (Å²) in [6.07, 6.45) is -0.414. The molecule has 1 amide bonds. The smallest absolute Gasteiger partial charge is 0.411 e. The van der Waals surface area contributed by atoms with Gasteiger partial charge in [-0.3, -0.25) is 5.32 Å². The Morgan fingerprint density at radius 3 is 2.62 bits per heavy atom. The molecule has 1 aromatic carbocycles. The molecule has 0 saturated carbocycles. The van der Waals surface area contributed by atoms with Crippen molar-refractivity contribution in [2.24, 2.45) is 0 Å². The van der Waals surface area contributed by atoms with E-state index >= 15 is 0 Å². The predicted molar refractivity (Wildman–Crippen MR) is 66.2 cm³/mol. The van der Waals surface area contributed by atoms with Gasteiger partial charge in [-0.2, -0.15) is 0 Å². The fourth-order valence-corrected chi connectivity index (χ4v) is 1.34. The fraction of sp³-hybridized carbons (Fsp3) is 0.417. The van der Waals surface area contributed by atoms with Crippen LogP contribution in [0.1, 0.15) is 12.5 Å². The summed E-state index contributed by atoms with van der Waals surface area (Å²) in [4.78, 5) is 13.3. The van der Waals surface area contributed by atoms with Gasteiger partial charge >= 0.3 is 6.09 Å². The van der Waals surface area contributed by atoms with Crippen molar-refractivity contribution >= 4 is 17.5 Å². The summed E-state index contributed by atoms with van der Waals surface area (Å²) >= 11 is 0. The maximum atomic E-state index is 11.2. The first-order valence-electron chi connectivity index (χ1n) is 5.26. The number of ether oxygens (including phenoxy) is 1. The summed E-state index contributed by atoms with van der Waals surface area (Å²) in [5, 5.41) is 2.70. The van der Waals surface area contributed by atoms with Gasteiger partial charge < -0.3 is 9.64 Å². The summed E-state index contributed by atoms with van der Waals surface area (Å²) in [6, 6.07) is 5.84. The molecule has 0 unspecified atom stereocenters. The van der Waals surface area contributed by atoms with Gasteiger partial charge in [0.15, 0.2) is 0 Å². The first kappa shape index (κ1) is 12.4. The predicted octanol–water partition coefficient (Wildman–Crippen LogP) is 2.63. The number of amides is 1. The minimum atomic E-state index is -0.414. The first-order chi connectivity index (χ1) is 7.54. The maximum Gasteiger partial charge on any atom is 0.411 e. The van der Waals surface area contributed by atoms with Gasteiger partial charge in [0.2, 0.25) is 0 Å². The zero-order chi connectivity index (χ0) is 12.1. The van der Waals surface area contributed by atoms with E-state index in [0.717, 1.165) is 16.9 Å². The van der Waals surface area contributed by atoms with Gasteiger partial charge in [0.05, 0.1) is 6.61 Å². The topological polar surface area (TPSA) is 41.6 Å². The number of hydrogen-bond acceptors (Lipinski definition) is 3. The molecule has 0 spiro atoms. The lowest BCUT2D eigenvalue weighted by Gasteiger charge is -2.15. The molecule has 1 N–H and O–H groups in total. The number of carbonyl (C=O) groups is 1. The average Bonchev–Trinajstić information content (AvgIpc) is 2.21. The molecule has 0 atom stereocenters. The van der Waals surface area contributed by atoms with Gasteiger partial charge in [-0.15, -0.1) is 0 Å². The summed E-state index contributed by atoms with van der Waals surface area (Å²) in [7, 11) is 3.96. The van der Waals surface area contributed by atoms with Gasteiger partial charge in [0.1, 0.15) is 0 Å². The zero-order valence-electron chi connectivity index (χ0n) is 10.2. The van der Waals surface area contributed by atoms with Crippen LogP contribution in [0.25, 0.3) is 0 Å². The molecule has 0 aliphatic heterocycles. The monoisotopic (exact) mass is 222 g/mol. The second-order valence-corrected chi connectivity index (χ2v) is 3.74. The number of anilines is 2. The van der Waals surface area contributed by atoms with E-state index in [-0.39, 0.29) is 0 Å². The van der Waals surface area contributed by atoms with Crippen LogP contribution >= 0.6 is 0 Å². The number of aryl methyl sites for hydroxylation is 1. The van der Waals surface area contributed by atoms with E-state index in [4.69, 9.17) is 4.74 Å².